The predicted molar refractivity (Wildman–Crippen MR) is 572 cm³/mol. The van der Waals surface area contributed by atoms with E-state index in [0.717, 1.165) is 201 Å². The van der Waals surface area contributed by atoms with Crippen molar-refractivity contribution in [1.82, 2.24) is 106 Å². The monoisotopic (exact) mass is 1950 g/mol. The van der Waals surface area contributed by atoms with Crippen LogP contribution < -0.4 is 21.3 Å². The molecule has 31 heteroatoms. The number of carbonyl (C=O) groups excluding carboxylic acids is 3. The summed E-state index contributed by atoms with van der Waals surface area (Å²) in [5, 5.41) is 46.2. The van der Waals surface area contributed by atoms with Crippen LogP contribution in [-0.4, -0.2) is 125 Å². The first-order chi connectivity index (χ1) is 71.5. The number of pyridine rings is 4. The van der Waals surface area contributed by atoms with Crippen LogP contribution >= 0.6 is 0 Å². The number of fused-ring (bicyclic) bond motifs is 8. The van der Waals surface area contributed by atoms with E-state index in [1.54, 1.807) is 68.4 Å². The van der Waals surface area contributed by atoms with Gasteiger partial charge in [-0.3, -0.25) is 54.7 Å². The lowest BCUT2D eigenvalue weighted by Gasteiger charge is -2.17. The number of nitrogens with one attached hydrogen (secondary N) is 12. The zero-order valence-electron chi connectivity index (χ0n) is 80.5. The molecule has 12 aromatic carbocycles. The molecule has 0 unspecified atom stereocenters. The number of anilines is 3. The minimum Gasteiger partial charge on any atom is -0.337 e. The van der Waals surface area contributed by atoms with Crippen molar-refractivity contribution in [3.63, 3.8) is 0 Å². The van der Waals surface area contributed by atoms with Crippen LogP contribution in [0.25, 0.3) is 223 Å². The van der Waals surface area contributed by atoms with Crippen LogP contribution in [0.4, 0.5) is 34.6 Å². The molecular weight excluding hydrogens is 1850 g/mol. The summed E-state index contributed by atoms with van der Waals surface area (Å²) in [6.45, 7) is 15.2. The molecule has 0 aliphatic heterocycles. The van der Waals surface area contributed by atoms with Crippen molar-refractivity contribution in [2.75, 3.05) is 22.5 Å². The van der Waals surface area contributed by atoms with Gasteiger partial charge in [0.1, 0.15) is 46.0 Å². The first-order valence-electron chi connectivity index (χ1n) is 47.8. The number of hydrogen-bond donors (Lipinski definition) is 12. The topological polar surface area (TPSA) is 380 Å². The number of halogens is 4. The van der Waals surface area contributed by atoms with E-state index in [9.17, 15) is 31.9 Å². The number of aromatic nitrogens is 20. The third-order valence-corrected chi connectivity index (χ3v) is 25.1. The van der Waals surface area contributed by atoms with Gasteiger partial charge in [0.15, 0.2) is 23.3 Å². The second-order valence-electron chi connectivity index (χ2n) is 37.0. The molecule has 0 spiro atoms. The SMILES string of the molecule is CC(C)(C)C(=O)Nc1cncc(-c2ccc3[nH]nc(-c4nc5c(-c6cccc(F)c6)cccc5[nH]4)c3c2)c1.CC(C)CC(=O)Nc1cncc(-c2ccc3[nH]nc(-c4nc5c(-c6cccc(F)c6)cccc5[nH]4)c3c2)c1.CCC(=O)Nc1cncc(-c2ccc3[nH]nc(-c4nc5c(-c6cccc(F)c6)cccc5[nH]4)c3c2)c1.CCNCc1cncc(-c2ccc3[nH]nc(-c4nc5c(-c6cccc(F)c6)cccc5[nH]4)c3c2)c1. The molecule has 24 aromatic rings. The molecule has 0 radical (unpaired) electrons. The van der Waals surface area contributed by atoms with Crippen molar-refractivity contribution in [3.05, 3.63) is 345 Å². The van der Waals surface area contributed by atoms with Crippen LogP contribution in [0.15, 0.2) is 316 Å². The molecule has 0 aliphatic carbocycles. The third kappa shape index (κ3) is 20.3. The number of carbonyl (C=O) groups is 3. The van der Waals surface area contributed by atoms with Crippen LogP contribution in [0.2, 0.25) is 0 Å². The van der Waals surface area contributed by atoms with Gasteiger partial charge in [0.25, 0.3) is 0 Å². The maximum Gasteiger partial charge on any atom is 0.229 e. The quantitative estimate of drug-likeness (QED) is 0.0297. The van der Waals surface area contributed by atoms with Gasteiger partial charge in [0.2, 0.25) is 17.7 Å². The van der Waals surface area contributed by atoms with Gasteiger partial charge < -0.3 is 41.2 Å². The number of hydrogen-bond acceptors (Lipinski definition) is 16. The lowest BCUT2D eigenvalue weighted by atomic mass is 9.95. The Kier molecular flexibility index (Phi) is 26.1. The highest BCUT2D eigenvalue weighted by molar-refractivity contribution is 6.05. The molecular formula is C116H94F4N24O3. The Hall–Kier alpha value is -18.9. The normalized spacial score (nSPS) is 11.5. The molecule has 0 atom stereocenters. The summed E-state index contributed by atoms with van der Waals surface area (Å²) in [4.78, 5) is 86.8. The fourth-order valence-corrected chi connectivity index (χ4v) is 17.8. The van der Waals surface area contributed by atoms with Crippen LogP contribution in [0.1, 0.15) is 66.9 Å². The highest BCUT2D eigenvalue weighted by Gasteiger charge is 2.26. The molecule has 0 saturated heterocycles. The van der Waals surface area contributed by atoms with Crippen molar-refractivity contribution in [3.8, 4) is 135 Å². The molecule has 12 heterocycles. The number of aromatic amines is 8. The van der Waals surface area contributed by atoms with Gasteiger partial charge in [-0.2, -0.15) is 20.4 Å². The number of imidazole rings is 4. The van der Waals surface area contributed by atoms with E-state index in [1.165, 1.54) is 48.5 Å². The van der Waals surface area contributed by atoms with Crippen LogP contribution in [0.5, 0.6) is 0 Å². The Morgan fingerprint density at radius 1 is 0.313 bits per heavy atom. The van der Waals surface area contributed by atoms with Crippen molar-refractivity contribution >= 4 is 123 Å². The highest BCUT2D eigenvalue weighted by atomic mass is 19.1. The van der Waals surface area contributed by atoms with E-state index in [0.29, 0.717) is 70.3 Å². The molecule has 27 nitrogen and oxygen atoms in total. The van der Waals surface area contributed by atoms with E-state index in [1.807, 2.05) is 223 Å². The number of amides is 3. The number of benzene rings is 12. The number of rotatable bonds is 21. The fourth-order valence-electron chi connectivity index (χ4n) is 17.8. The molecule has 724 valence electrons. The third-order valence-electron chi connectivity index (χ3n) is 25.1. The summed E-state index contributed by atoms with van der Waals surface area (Å²) in [6.07, 6.45) is 14.8. The van der Waals surface area contributed by atoms with Crippen molar-refractivity contribution in [2.24, 2.45) is 11.3 Å². The van der Waals surface area contributed by atoms with Crippen LogP contribution in [-0.2, 0) is 20.9 Å². The van der Waals surface area contributed by atoms with Crippen LogP contribution in [0.3, 0.4) is 0 Å². The van der Waals surface area contributed by atoms with E-state index < -0.39 is 5.41 Å². The standard InChI is InChI=1S/2C30H25FN6O.C28H21FN6O.C28H23FN6/c1-30(2,3)29(38)33-21-13-19(15-32-16-21)17-10-11-24-23(14-17)27(37-36-24)28-34-25-9-5-8-22(26(25)35-28)18-6-4-7-20(31)12-18;1-17(2)11-27(38)33-22-13-20(15-32-16-22)18-9-10-25-24(14-18)29(37-36-25)30-34-26-8-4-7-23(28(26)35-30)19-5-3-6-21(31)12-19;1-2-25(36)31-20-12-18(14-30-15-20)16-9-10-23-22(13-16)27(35-34-23)28-32-24-8-4-7-21(26(24)33-28)17-5-3-6-19(29)11-17;1-2-30-14-17-11-20(16-31-15-17)18-9-10-24-23(13-18)27(35-34-24)28-32-25-8-4-7-22(26(25)33-28)19-5-3-6-21(29)12-19/h4-16H,1-3H3,(H,33,38)(H,34,35)(H,36,37);3-10,12-17H,11H2,1-2H3,(H,33,38)(H,34,35)(H,36,37);3-15H,2H2,1H3,(H,31,36)(H,32,33)(H,34,35);3-13,15-16,30H,2,14H2,1H3,(H,32,33)(H,34,35). The van der Waals surface area contributed by atoms with E-state index >= 15 is 0 Å². The summed E-state index contributed by atoms with van der Waals surface area (Å²) >= 11 is 0. The molecule has 12 N–H and O–H groups in total. The second-order valence-corrected chi connectivity index (χ2v) is 37.0. The van der Waals surface area contributed by atoms with Gasteiger partial charge in [-0.1, -0.05) is 170 Å². The number of nitrogens with zero attached hydrogens (tertiary/aromatic N) is 12. The fraction of sp³-hybridized carbons (Fsp3) is 0.112. The smallest absolute Gasteiger partial charge is 0.229 e. The largest absolute Gasteiger partial charge is 0.337 e. The van der Waals surface area contributed by atoms with Gasteiger partial charge in [0, 0.05) is 122 Å². The van der Waals surface area contributed by atoms with E-state index in [-0.39, 0.29) is 46.9 Å². The Morgan fingerprint density at radius 2 is 0.612 bits per heavy atom. The average molecular weight is 1950 g/mol. The Morgan fingerprint density at radius 3 is 0.912 bits per heavy atom. The summed E-state index contributed by atoms with van der Waals surface area (Å²) in [5.74, 6) is 1.43. The summed E-state index contributed by atoms with van der Waals surface area (Å²) < 4.78 is 55.5. The van der Waals surface area contributed by atoms with E-state index in [4.69, 9.17) is 19.9 Å². The van der Waals surface area contributed by atoms with E-state index in [2.05, 4.69) is 127 Å². The lowest BCUT2D eigenvalue weighted by molar-refractivity contribution is -0.123. The summed E-state index contributed by atoms with van der Waals surface area (Å²) in [5.41, 5.74) is 29.2. The summed E-state index contributed by atoms with van der Waals surface area (Å²) in [7, 11) is 0. The molecule has 12 aromatic heterocycles. The minimum absolute atomic E-state index is 0.0333. The summed E-state index contributed by atoms with van der Waals surface area (Å²) in [6, 6.07) is 81.3. The van der Waals surface area contributed by atoms with Crippen molar-refractivity contribution in [2.45, 2.75) is 67.9 Å². The first-order valence-corrected chi connectivity index (χ1v) is 47.8. The minimum atomic E-state index is -0.512. The van der Waals surface area contributed by atoms with Crippen molar-refractivity contribution < 1.29 is 31.9 Å². The lowest BCUT2D eigenvalue weighted by Crippen LogP contribution is -2.27. The Labute approximate surface area is 837 Å². The molecule has 0 fully saturated rings. The van der Waals surface area contributed by atoms with Gasteiger partial charge in [-0.05, 0) is 208 Å². The van der Waals surface area contributed by atoms with Crippen LogP contribution in [0, 0.1) is 34.6 Å². The molecule has 147 heavy (non-hydrogen) atoms. The van der Waals surface area contributed by atoms with Crippen molar-refractivity contribution in [1.29, 1.82) is 0 Å². The zero-order valence-corrected chi connectivity index (χ0v) is 80.5. The molecule has 3 amide bonds. The average Bonchev–Trinajstić information content (AvgIpc) is 1.62. The molecule has 0 bridgehead atoms. The molecule has 0 saturated carbocycles. The van der Waals surface area contributed by atoms with Gasteiger partial charge in [0.05, 0.1) is 102 Å². The number of H-pyrrole nitrogens is 8. The second kappa shape index (κ2) is 40.6. The first kappa shape index (κ1) is 94.3. The van der Waals surface area contributed by atoms with Gasteiger partial charge in [-0.25, -0.2) is 37.5 Å². The zero-order chi connectivity index (χ0) is 101. The Balaban J connectivity index is 0.000000115. The molecule has 0 aliphatic rings. The number of para-hydroxylation sites is 4. The predicted octanol–water partition coefficient (Wildman–Crippen LogP) is 26.3. The maximum absolute atomic E-state index is 13.9. The Bertz CT molecular complexity index is 9130. The maximum atomic E-state index is 13.9. The van der Waals surface area contributed by atoms with Gasteiger partial charge >= 0.3 is 0 Å². The highest BCUT2D eigenvalue weighted by Crippen LogP contribution is 2.42. The molecule has 24 rings (SSSR count). The van der Waals surface area contributed by atoms with Gasteiger partial charge in [-0.15, -0.1) is 0 Å².